The average molecular weight is 329 g/mol. The summed E-state index contributed by atoms with van der Waals surface area (Å²) in [5.74, 6) is -0.869. The van der Waals surface area contributed by atoms with Gasteiger partial charge in [0.05, 0.1) is 22.4 Å². The predicted molar refractivity (Wildman–Crippen MR) is 81.1 cm³/mol. The largest absolute Gasteiger partial charge is 0.398 e. The summed E-state index contributed by atoms with van der Waals surface area (Å²) in [7, 11) is -4.05. The van der Waals surface area contributed by atoms with E-state index >= 15 is 0 Å². The predicted octanol–water partition coefficient (Wildman–Crippen LogP) is 2.52. The van der Waals surface area contributed by atoms with E-state index in [0.717, 1.165) is 21.6 Å². The maximum Gasteiger partial charge on any atom is 0.246 e. The first kappa shape index (κ1) is 15.9. The molecule has 0 bridgehead atoms. The van der Waals surface area contributed by atoms with Gasteiger partial charge in [0.15, 0.2) is 0 Å². The number of anilines is 1. The Kier molecular flexibility index (Phi) is 4.31. The number of hydrogen-bond donors (Lipinski definition) is 2. The summed E-state index contributed by atoms with van der Waals surface area (Å²) in [5.41, 5.74) is 6.23. The molecule has 1 aromatic carbocycles. The van der Waals surface area contributed by atoms with Crippen LogP contribution in [0.5, 0.6) is 0 Å². The van der Waals surface area contributed by atoms with Crippen molar-refractivity contribution in [2.24, 2.45) is 0 Å². The van der Waals surface area contributed by atoms with E-state index in [4.69, 9.17) is 5.73 Å². The third kappa shape index (κ3) is 3.22. The highest BCUT2D eigenvalue weighted by atomic mass is 32.2. The Morgan fingerprint density at radius 1 is 1.38 bits per heavy atom. The lowest BCUT2D eigenvalue weighted by Gasteiger charge is -2.15. The molecule has 0 fully saturated rings. The Labute approximate surface area is 127 Å². The molecule has 2 aromatic rings. The third-order valence-corrected chi connectivity index (χ3v) is 5.82. The SMILES string of the molecule is Cc1nc(C)c(C(C)NS(=O)(=O)c2c(N)cccc2F)s1. The number of aromatic nitrogens is 1. The number of aryl methyl sites for hydroxylation is 2. The average Bonchev–Trinajstić information content (AvgIpc) is 2.67. The molecule has 2 rings (SSSR count). The van der Waals surface area contributed by atoms with Gasteiger partial charge in [0, 0.05) is 4.88 Å². The molecular weight excluding hydrogens is 313 g/mol. The lowest BCUT2D eigenvalue weighted by atomic mass is 10.2. The molecule has 0 saturated carbocycles. The molecule has 0 radical (unpaired) electrons. The number of thiazole rings is 1. The van der Waals surface area contributed by atoms with Gasteiger partial charge in [-0.15, -0.1) is 11.3 Å². The second-order valence-corrected chi connectivity index (χ2v) is 7.57. The fourth-order valence-electron chi connectivity index (χ4n) is 2.10. The van der Waals surface area contributed by atoms with Crippen molar-refractivity contribution in [2.75, 3.05) is 5.73 Å². The zero-order valence-corrected chi connectivity index (χ0v) is 13.5. The van der Waals surface area contributed by atoms with Crippen LogP contribution >= 0.6 is 11.3 Å². The van der Waals surface area contributed by atoms with Gasteiger partial charge in [-0.2, -0.15) is 0 Å². The van der Waals surface area contributed by atoms with E-state index in [0.29, 0.717) is 0 Å². The quantitative estimate of drug-likeness (QED) is 0.844. The van der Waals surface area contributed by atoms with Gasteiger partial charge in [-0.1, -0.05) is 6.07 Å². The minimum Gasteiger partial charge on any atom is -0.398 e. The normalized spacial score (nSPS) is 13.3. The number of nitrogen functional groups attached to an aromatic ring is 1. The standard InChI is InChI=1S/C13H16FN3O2S2/c1-7-12(20-9(3)16-7)8(2)17-21(18,19)13-10(14)5-4-6-11(13)15/h4-6,8,17H,15H2,1-3H3. The molecule has 1 atom stereocenters. The minimum absolute atomic E-state index is 0.119. The Morgan fingerprint density at radius 3 is 2.57 bits per heavy atom. The molecule has 5 nitrogen and oxygen atoms in total. The molecule has 0 aliphatic heterocycles. The van der Waals surface area contributed by atoms with Gasteiger partial charge in [0.1, 0.15) is 10.7 Å². The minimum atomic E-state index is -4.05. The van der Waals surface area contributed by atoms with Crippen LogP contribution < -0.4 is 10.5 Å². The van der Waals surface area contributed by atoms with Gasteiger partial charge in [-0.05, 0) is 32.9 Å². The van der Waals surface area contributed by atoms with Crippen LogP contribution in [0, 0.1) is 19.7 Å². The van der Waals surface area contributed by atoms with Crippen molar-refractivity contribution >= 4 is 27.0 Å². The van der Waals surface area contributed by atoms with Crippen molar-refractivity contribution in [1.82, 2.24) is 9.71 Å². The molecule has 1 heterocycles. The Balaban J connectivity index is 2.36. The molecule has 3 N–H and O–H groups in total. The number of hydrogen-bond acceptors (Lipinski definition) is 5. The van der Waals surface area contributed by atoms with Crippen LogP contribution in [-0.4, -0.2) is 13.4 Å². The number of nitrogens with two attached hydrogens (primary N) is 1. The van der Waals surface area contributed by atoms with Crippen LogP contribution in [0.4, 0.5) is 10.1 Å². The summed E-state index contributed by atoms with van der Waals surface area (Å²) in [6, 6.07) is 3.27. The topological polar surface area (TPSA) is 85.1 Å². The molecule has 0 aliphatic carbocycles. The lowest BCUT2D eigenvalue weighted by Crippen LogP contribution is -2.28. The zero-order chi connectivity index (χ0) is 15.8. The monoisotopic (exact) mass is 329 g/mol. The first-order chi connectivity index (χ1) is 9.72. The zero-order valence-electron chi connectivity index (χ0n) is 11.8. The number of nitrogens with one attached hydrogen (secondary N) is 1. The van der Waals surface area contributed by atoms with Crippen LogP contribution in [-0.2, 0) is 10.0 Å². The summed E-state index contributed by atoms with van der Waals surface area (Å²) in [6.07, 6.45) is 0. The maximum atomic E-state index is 13.8. The van der Waals surface area contributed by atoms with Gasteiger partial charge in [0.25, 0.3) is 0 Å². The van der Waals surface area contributed by atoms with E-state index < -0.39 is 26.8 Å². The Hall–Kier alpha value is -1.51. The van der Waals surface area contributed by atoms with E-state index in [1.165, 1.54) is 23.5 Å². The highest BCUT2D eigenvalue weighted by Gasteiger charge is 2.26. The molecule has 0 saturated heterocycles. The van der Waals surface area contributed by atoms with Gasteiger partial charge in [-0.3, -0.25) is 0 Å². The molecule has 1 aromatic heterocycles. The number of nitrogens with zero attached hydrogens (tertiary/aromatic N) is 1. The van der Waals surface area contributed by atoms with Gasteiger partial charge in [-0.25, -0.2) is 22.5 Å². The van der Waals surface area contributed by atoms with E-state index in [9.17, 15) is 12.8 Å². The molecule has 0 amide bonds. The molecule has 0 spiro atoms. The van der Waals surface area contributed by atoms with Crippen molar-refractivity contribution < 1.29 is 12.8 Å². The molecule has 1 unspecified atom stereocenters. The van der Waals surface area contributed by atoms with E-state index in [2.05, 4.69) is 9.71 Å². The van der Waals surface area contributed by atoms with Crippen LogP contribution in [0.25, 0.3) is 0 Å². The van der Waals surface area contributed by atoms with Gasteiger partial charge < -0.3 is 5.73 Å². The maximum absolute atomic E-state index is 13.8. The fraction of sp³-hybridized carbons (Fsp3) is 0.308. The van der Waals surface area contributed by atoms with E-state index in [1.54, 1.807) is 13.8 Å². The smallest absolute Gasteiger partial charge is 0.246 e. The summed E-state index contributed by atoms with van der Waals surface area (Å²) in [4.78, 5) is 4.53. The van der Waals surface area contributed by atoms with Gasteiger partial charge in [0.2, 0.25) is 10.0 Å². The van der Waals surface area contributed by atoms with Crippen LogP contribution in [0.15, 0.2) is 23.1 Å². The Bertz CT molecular complexity index is 751. The summed E-state index contributed by atoms with van der Waals surface area (Å²) in [5, 5.41) is 0.846. The number of halogens is 1. The second kappa shape index (κ2) is 5.70. The van der Waals surface area contributed by atoms with Crippen LogP contribution in [0.2, 0.25) is 0 Å². The van der Waals surface area contributed by atoms with Gasteiger partial charge >= 0.3 is 0 Å². The van der Waals surface area contributed by atoms with Crippen molar-refractivity contribution in [3.8, 4) is 0 Å². The van der Waals surface area contributed by atoms with Crippen molar-refractivity contribution in [2.45, 2.75) is 31.7 Å². The number of sulfonamides is 1. The van der Waals surface area contributed by atoms with Crippen molar-refractivity contribution in [1.29, 1.82) is 0 Å². The summed E-state index contributed by atoms with van der Waals surface area (Å²) in [6.45, 7) is 5.34. The second-order valence-electron chi connectivity index (χ2n) is 4.68. The number of benzene rings is 1. The van der Waals surface area contributed by atoms with Crippen LogP contribution in [0.1, 0.15) is 28.5 Å². The van der Waals surface area contributed by atoms with Crippen LogP contribution in [0.3, 0.4) is 0 Å². The van der Waals surface area contributed by atoms with Crippen molar-refractivity contribution in [3.63, 3.8) is 0 Å². The van der Waals surface area contributed by atoms with Crippen molar-refractivity contribution in [3.05, 3.63) is 39.6 Å². The Morgan fingerprint density at radius 2 is 2.05 bits per heavy atom. The first-order valence-corrected chi connectivity index (χ1v) is 8.52. The lowest BCUT2D eigenvalue weighted by molar-refractivity contribution is 0.549. The van der Waals surface area contributed by atoms with E-state index in [-0.39, 0.29) is 5.69 Å². The molecule has 21 heavy (non-hydrogen) atoms. The summed E-state index contributed by atoms with van der Waals surface area (Å²) >= 11 is 1.40. The molecule has 0 aliphatic rings. The molecule has 8 heteroatoms. The first-order valence-electron chi connectivity index (χ1n) is 6.22. The summed E-state index contributed by atoms with van der Waals surface area (Å²) < 4.78 is 40.9. The highest BCUT2D eigenvalue weighted by Crippen LogP contribution is 2.28. The fourth-order valence-corrected chi connectivity index (χ4v) is 4.51. The number of rotatable bonds is 4. The van der Waals surface area contributed by atoms with E-state index in [1.807, 2.05) is 6.92 Å². The third-order valence-electron chi connectivity index (χ3n) is 2.93. The molecular formula is C13H16FN3O2S2. The molecule has 114 valence electrons. The highest BCUT2D eigenvalue weighted by molar-refractivity contribution is 7.89.